The molecule has 0 unspecified atom stereocenters. The first-order valence-electron chi connectivity index (χ1n) is 9.08. The molecular weight excluding hydrogens is 348 g/mol. The van der Waals surface area contributed by atoms with E-state index in [2.05, 4.69) is 10.6 Å². The molecule has 2 aromatic rings. The van der Waals surface area contributed by atoms with Gasteiger partial charge >= 0.3 is 0 Å². The molecule has 1 aliphatic carbocycles. The number of aryl methyl sites for hydroxylation is 2. The normalized spacial score (nSPS) is 13.4. The summed E-state index contributed by atoms with van der Waals surface area (Å²) in [6.45, 7) is 2.39. The van der Waals surface area contributed by atoms with E-state index in [1.165, 1.54) is 29.7 Å². The number of anilines is 1. The Labute approximate surface area is 157 Å². The molecule has 0 radical (unpaired) electrons. The average Bonchev–Trinajstić information content (AvgIpc) is 2.92. The zero-order valence-electron chi connectivity index (χ0n) is 15.0. The molecule has 5 nitrogen and oxygen atoms in total. The molecule has 0 bridgehead atoms. The molecule has 6 heteroatoms. The van der Waals surface area contributed by atoms with Gasteiger partial charge in [-0.25, -0.2) is 0 Å². The maximum absolute atomic E-state index is 12.6. The quantitative estimate of drug-likeness (QED) is 0.758. The van der Waals surface area contributed by atoms with E-state index in [1.54, 1.807) is 29.5 Å². The standard InChI is InChI=1S/C20H24N2O3S/c1-2-21-19(23)13-25-16-9-6-8-15(12-16)22-20(24)18-11-14-7-4-3-5-10-17(14)26-18/h6,8-9,11-12H,2-5,7,10,13H2,1H3,(H,21,23)(H,22,24). The molecule has 1 aromatic heterocycles. The smallest absolute Gasteiger partial charge is 0.265 e. The lowest BCUT2D eigenvalue weighted by molar-refractivity contribution is -0.122. The Hall–Kier alpha value is -2.34. The van der Waals surface area contributed by atoms with Crippen LogP contribution in [0.4, 0.5) is 5.69 Å². The number of ether oxygens (including phenoxy) is 1. The number of hydrogen-bond acceptors (Lipinski definition) is 4. The van der Waals surface area contributed by atoms with Gasteiger partial charge in [-0.2, -0.15) is 0 Å². The van der Waals surface area contributed by atoms with E-state index in [9.17, 15) is 9.59 Å². The van der Waals surface area contributed by atoms with Gasteiger partial charge in [0.05, 0.1) is 4.88 Å². The van der Waals surface area contributed by atoms with Crippen LogP contribution in [-0.4, -0.2) is 25.0 Å². The Bertz CT molecular complexity index is 762. The minimum atomic E-state index is -0.165. The topological polar surface area (TPSA) is 67.4 Å². The molecule has 0 aliphatic heterocycles. The number of hydrogen-bond donors (Lipinski definition) is 2. The van der Waals surface area contributed by atoms with E-state index in [0.29, 0.717) is 18.0 Å². The molecule has 1 aromatic carbocycles. The zero-order chi connectivity index (χ0) is 18.4. The van der Waals surface area contributed by atoms with E-state index < -0.39 is 0 Å². The van der Waals surface area contributed by atoms with Gasteiger partial charge in [0, 0.05) is 23.2 Å². The highest BCUT2D eigenvalue weighted by Crippen LogP contribution is 2.29. The highest BCUT2D eigenvalue weighted by atomic mass is 32.1. The Kier molecular flexibility index (Phi) is 6.28. The molecule has 0 fully saturated rings. The molecule has 1 heterocycles. The molecule has 26 heavy (non-hydrogen) atoms. The number of rotatable bonds is 6. The molecular formula is C20H24N2O3S. The Morgan fingerprint density at radius 2 is 2.00 bits per heavy atom. The number of amides is 2. The average molecular weight is 372 g/mol. The van der Waals surface area contributed by atoms with Gasteiger partial charge in [0.15, 0.2) is 6.61 Å². The number of carbonyl (C=O) groups excluding carboxylic acids is 2. The van der Waals surface area contributed by atoms with Crippen LogP contribution in [0.1, 0.15) is 46.3 Å². The summed E-state index contributed by atoms with van der Waals surface area (Å²) in [7, 11) is 0. The van der Waals surface area contributed by atoms with Crippen molar-refractivity contribution in [1.82, 2.24) is 5.32 Å². The summed E-state index contributed by atoms with van der Waals surface area (Å²) in [6.07, 6.45) is 5.83. The number of carbonyl (C=O) groups is 2. The van der Waals surface area contributed by atoms with Crippen molar-refractivity contribution in [2.75, 3.05) is 18.5 Å². The fourth-order valence-corrected chi connectivity index (χ4v) is 4.18. The fourth-order valence-electron chi connectivity index (χ4n) is 3.03. The Balaban J connectivity index is 1.62. The van der Waals surface area contributed by atoms with Gasteiger partial charge in [-0.15, -0.1) is 11.3 Å². The monoisotopic (exact) mass is 372 g/mol. The highest BCUT2D eigenvalue weighted by Gasteiger charge is 2.16. The van der Waals surface area contributed by atoms with Crippen molar-refractivity contribution < 1.29 is 14.3 Å². The van der Waals surface area contributed by atoms with Crippen LogP contribution >= 0.6 is 11.3 Å². The minimum Gasteiger partial charge on any atom is -0.484 e. The van der Waals surface area contributed by atoms with Crippen LogP contribution in [0.3, 0.4) is 0 Å². The summed E-state index contributed by atoms with van der Waals surface area (Å²) in [5.74, 6) is 0.294. The predicted molar refractivity (Wildman–Crippen MR) is 104 cm³/mol. The molecule has 0 saturated heterocycles. The molecule has 138 valence electrons. The molecule has 2 N–H and O–H groups in total. The second-order valence-corrected chi connectivity index (χ2v) is 7.48. The van der Waals surface area contributed by atoms with Crippen molar-refractivity contribution in [1.29, 1.82) is 0 Å². The van der Waals surface area contributed by atoms with Crippen LogP contribution in [0.15, 0.2) is 30.3 Å². The largest absolute Gasteiger partial charge is 0.484 e. The molecule has 0 spiro atoms. The number of fused-ring (bicyclic) bond motifs is 1. The van der Waals surface area contributed by atoms with Gasteiger partial charge in [0.2, 0.25) is 0 Å². The number of nitrogens with one attached hydrogen (secondary N) is 2. The van der Waals surface area contributed by atoms with Gasteiger partial charge in [-0.05, 0) is 56.4 Å². The first-order valence-corrected chi connectivity index (χ1v) is 9.90. The molecule has 2 amide bonds. The van der Waals surface area contributed by atoms with Crippen LogP contribution in [0.5, 0.6) is 5.75 Å². The third-order valence-electron chi connectivity index (χ3n) is 4.31. The van der Waals surface area contributed by atoms with E-state index in [4.69, 9.17) is 4.74 Å². The lowest BCUT2D eigenvalue weighted by Crippen LogP contribution is -2.28. The second kappa shape index (κ2) is 8.85. The first kappa shape index (κ1) is 18.5. The van der Waals surface area contributed by atoms with Crippen molar-refractivity contribution in [3.05, 3.63) is 45.6 Å². The Morgan fingerprint density at radius 3 is 2.85 bits per heavy atom. The van der Waals surface area contributed by atoms with E-state index >= 15 is 0 Å². The van der Waals surface area contributed by atoms with E-state index in [-0.39, 0.29) is 18.4 Å². The summed E-state index contributed by atoms with van der Waals surface area (Å²) < 4.78 is 5.47. The third kappa shape index (κ3) is 4.85. The van der Waals surface area contributed by atoms with Crippen molar-refractivity contribution in [2.24, 2.45) is 0 Å². The number of benzene rings is 1. The molecule has 3 rings (SSSR count). The maximum Gasteiger partial charge on any atom is 0.265 e. The van der Waals surface area contributed by atoms with Crippen LogP contribution in [0.2, 0.25) is 0 Å². The van der Waals surface area contributed by atoms with Crippen molar-refractivity contribution in [3.63, 3.8) is 0 Å². The first-order chi connectivity index (χ1) is 12.7. The van der Waals surface area contributed by atoms with Gasteiger partial charge in [-0.1, -0.05) is 12.5 Å². The van der Waals surface area contributed by atoms with Crippen molar-refractivity contribution in [3.8, 4) is 5.75 Å². The van der Waals surface area contributed by atoms with E-state index in [0.717, 1.165) is 17.7 Å². The summed E-state index contributed by atoms with van der Waals surface area (Å²) in [6, 6.07) is 9.15. The molecule has 0 saturated carbocycles. The second-order valence-electron chi connectivity index (χ2n) is 6.34. The maximum atomic E-state index is 12.6. The number of likely N-dealkylation sites (N-methyl/N-ethyl adjacent to an activating group) is 1. The lowest BCUT2D eigenvalue weighted by atomic mass is 10.1. The van der Waals surface area contributed by atoms with E-state index in [1.807, 2.05) is 19.1 Å². The SMILES string of the molecule is CCNC(=O)COc1cccc(NC(=O)c2cc3c(s2)CCCCC3)c1. The Morgan fingerprint density at radius 1 is 1.15 bits per heavy atom. The summed E-state index contributed by atoms with van der Waals surface area (Å²) in [5.41, 5.74) is 1.99. The van der Waals surface area contributed by atoms with Gasteiger partial charge in [0.25, 0.3) is 11.8 Å². The third-order valence-corrected chi connectivity index (χ3v) is 5.54. The summed E-state index contributed by atoms with van der Waals surface area (Å²) in [4.78, 5) is 26.2. The summed E-state index contributed by atoms with van der Waals surface area (Å²) in [5, 5.41) is 5.61. The number of thiophene rings is 1. The molecule has 1 aliphatic rings. The van der Waals surface area contributed by atoms with Crippen LogP contribution in [0, 0.1) is 0 Å². The van der Waals surface area contributed by atoms with Gasteiger partial charge in [0.1, 0.15) is 5.75 Å². The van der Waals surface area contributed by atoms with Crippen molar-refractivity contribution >= 4 is 28.8 Å². The highest BCUT2D eigenvalue weighted by molar-refractivity contribution is 7.14. The van der Waals surface area contributed by atoms with Crippen molar-refractivity contribution in [2.45, 2.75) is 39.0 Å². The van der Waals surface area contributed by atoms with Crippen LogP contribution in [0.25, 0.3) is 0 Å². The van der Waals surface area contributed by atoms with Gasteiger partial charge in [-0.3, -0.25) is 9.59 Å². The summed E-state index contributed by atoms with van der Waals surface area (Å²) >= 11 is 1.60. The minimum absolute atomic E-state index is 0.0388. The predicted octanol–water partition coefficient (Wildman–Crippen LogP) is 3.78. The zero-order valence-corrected chi connectivity index (χ0v) is 15.8. The fraction of sp³-hybridized carbons (Fsp3) is 0.400. The lowest BCUT2D eigenvalue weighted by Gasteiger charge is -2.08. The van der Waals surface area contributed by atoms with Gasteiger partial charge < -0.3 is 15.4 Å². The van der Waals surface area contributed by atoms with Crippen LogP contribution in [-0.2, 0) is 17.6 Å². The van der Waals surface area contributed by atoms with Crippen LogP contribution < -0.4 is 15.4 Å². The molecule has 0 atom stereocenters.